The number of nitrogens with one attached hydrogen (secondary N) is 1. The molecule has 2 N–H and O–H groups in total. The van der Waals surface area contributed by atoms with Crippen LogP contribution in [0.3, 0.4) is 0 Å². The molecule has 0 saturated heterocycles. The zero-order valence-corrected chi connectivity index (χ0v) is 12.2. The number of hydrogen-bond acceptors (Lipinski definition) is 3. The molecule has 1 atom stereocenters. The van der Waals surface area contributed by atoms with Crippen molar-refractivity contribution in [2.45, 2.75) is 33.7 Å². The van der Waals surface area contributed by atoms with Crippen LogP contribution in [-0.2, 0) is 0 Å². The number of phenolic OH excluding ortho intramolecular Hbond substituents is 1. The summed E-state index contributed by atoms with van der Waals surface area (Å²) in [7, 11) is 0. The molecule has 4 nitrogen and oxygen atoms in total. The fourth-order valence-electron chi connectivity index (χ4n) is 2.05. The summed E-state index contributed by atoms with van der Waals surface area (Å²) in [5.41, 5.74) is 1.27. The van der Waals surface area contributed by atoms with Crippen LogP contribution < -0.4 is 5.32 Å². The molecule has 0 aliphatic carbocycles. The number of aromatic hydroxyl groups is 1. The summed E-state index contributed by atoms with van der Waals surface area (Å²) in [6.45, 7) is 10.8. The first-order valence-corrected chi connectivity index (χ1v) is 6.80. The number of amides is 1. The molecule has 0 aromatic heterocycles. The minimum absolute atomic E-state index is 0.0348. The Kier molecular flexibility index (Phi) is 5.83. The van der Waals surface area contributed by atoms with Crippen LogP contribution >= 0.6 is 0 Å². The number of aryl methyl sites for hydroxylation is 1. The largest absolute Gasteiger partial charge is 0.507 e. The van der Waals surface area contributed by atoms with E-state index in [0.717, 1.165) is 25.2 Å². The number of likely N-dealkylation sites (N-methyl/N-ethyl adjacent to an activating group) is 1. The number of rotatable bonds is 6. The summed E-state index contributed by atoms with van der Waals surface area (Å²) in [6, 6.07) is 5.13. The molecule has 0 spiro atoms. The maximum atomic E-state index is 12.1. The third-order valence-electron chi connectivity index (χ3n) is 3.20. The van der Waals surface area contributed by atoms with Gasteiger partial charge in [-0.3, -0.25) is 4.79 Å². The number of phenols is 1. The molecule has 106 valence electrons. The molecule has 1 aromatic rings. The Bertz CT molecular complexity index is 428. The minimum atomic E-state index is -0.225. The lowest BCUT2D eigenvalue weighted by Crippen LogP contribution is -2.41. The summed E-state index contributed by atoms with van der Waals surface area (Å²) in [4.78, 5) is 14.3. The molecule has 0 radical (unpaired) electrons. The van der Waals surface area contributed by atoms with E-state index < -0.39 is 0 Å². The van der Waals surface area contributed by atoms with Gasteiger partial charge in [-0.15, -0.1) is 0 Å². The molecule has 0 aliphatic rings. The van der Waals surface area contributed by atoms with Crippen molar-refractivity contribution in [2.24, 2.45) is 0 Å². The summed E-state index contributed by atoms with van der Waals surface area (Å²) in [6.07, 6.45) is 0. The molecule has 1 amide bonds. The van der Waals surface area contributed by atoms with Gasteiger partial charge in [0.25, 0.3) is 5.91 Å². The van der Waals surface area contributed by atoms with Crippen molar-refractivity contribution in [3.8, 4) is 5.75 Å². The Morgan fingerprint density at radius 1 is 1.37 bits per heavy atom. The Morgan fingerprint density at radius 2 is 2.00 bits per heavy atom. The smallest absolute Gasteiger partial charge is 0.255 e. The third kappa shape index (κ3) is 4.56. The predicted molar refractivity (Wildman–Crippen MR) is 77.6 cm³/mol. The first-order valence-electron chi connectivity index (χ1n) is 6.80. The van der Waals surface area contributed by atoms with Crippen LogP contribution in [0, 0.1) is 6.92 Å². The molecule has 19 heavy (non-hydrogen) atoms. The number of nitrogens with zero attached hydrogens (tertiary/aromatic N) is 1. The molecule has 0 bridgehead atoms. The standard InChI is InChI=1S/C15H24N2O2/c1-5-17(6-2)10-12(4)16-15(19)13-8-7-11(3)9-14(13)18/h7-9,12,18H,5-6,10H2,1-4H3,(H,16,19). The van der Waals surface area contributed by atoms with Crippen LogP contribution in [-0.4, -0.2) is 41.6 Å². The van der Waals surface area contributed by atoms with Gasteiger partial charge in [0.15, 0.2) is 0 Å². The summed E-state index contributed by atoms with van der Waals surface area (Å²) in [5.74, 6) is -0.190. The van der Waals surface area contributed by atoms with Crippen molar-refractivity contribution < 1.29 is 9.90 Å². The predicted octanol–water partition coefficient (Wildman–Crippen LogP) is 2.16. The van der Waals surface area contributed by atoms with Crippen molar-refractivity contribution >= 4 is 5.91 Å². The molecule has 1 rings (SSSR count). The lowest BCUT2D eigenvalue weighted by Gasteiger charge is -2.23. The van der Waals surface area contributed by atoms with Gasteiger partial charge in [-0.1, -0.05) is 19.9 Å². The molecule has 0 saturated carbocycles. The normalized spacial score (nSPS) is 12.5. The summed E-state index contributed by atoms with van der Waals surface area (Å²) < 4.78 is 0. The molecular weight excluding hydrogens is 240 g/mol. The zero-order valence-electron chi connectivity index (χ0n) is 12.2. The number of benzene rings is 1. The highest BCUT2D eigenvalue weighted by atomic mass is 16.3. The van der Waals surface area contributed by atoms with E-state index in [0.29, 0.717) is 5.56 Å². The van der Waals surface area contributed by atoms with Crippen molar-refractivity contribution in [1.29, 1.82) is 0 Å². The fourth-order valence-corrected chi connectivity index (χ4v) is 2.05. The Hall–Kier alpha value is -1.55. The summed E-state index contributed by atoms with van der Waals surface area (Å²) in [5, 5.41) is 12.7. The van der Waals surface area contributed by atoms with Crippen LogP contribution in [0.2, 0.25) is 0 Å². The van der Waals surface area contributed by atoms with Gasteiger partial charge < -0.3 is 15.3 Å². The summed E-state index contributed by atoms with van der Waals surface area (Å²) >= 11 is 0. The number of carbonyl (C=O) groups excluding carboxylic acids is 1. The van der Waals surface area contributed by atoms with E-state index in [1.54, 1.807) is 12.1 Å². The van der Waals surface area contributed by atoms with Crippen molar-refractivity contribution in [1.82, 2.24) is 10.2 Å². The molecule has 0 fully saturated rings. The quantitative estimate of drug-likeness (QED) is 0.828. The van der Waals surface area contributed by atoms with Crippen LogP contribution in [0.25, 0.3) is 0 Å². The fraction of sp³-hybridized carbons (Fsp3) is 0.533. The highest BCUT2D eigenvalue weighted by Gasteiger charge is 2.14. The van der Waals surface area contributed by atoms with E-state index in [9.17, 15) is 9.90 Å². The topological polar surface area (TPSA) is 52.6 Å². The maximum absolute atomic E-state index is 12.1. The second-order valence-corrected chi connectivity index (χ2v) is 4.88. The van der Waals surface area contributed by atoms with Crippen LogP contribution in [0.5, 0.6) is 5.75 Å². The monoisotopic (exact) mass is 264 g/mol. The first-order chi connectivity index (χ1) is 8.97. The van der Waals surface area contributed by atoms with Gasteiger partial charge in [0.05, 0.1) is 5.56 Å². The Labute approximate surface area is 115 Å². The van der Waals surface area contributed by atoms with Gasteiger partial charge in [0, 0.05) is 12.6 Å². The lowest BCUT2D eigenvalue weighted by molar-refractivity contribution is 0.0927. The molecule has 1 aromatic carbocycles. The first kappa shape index (κ1) is 15.5. The molecular formula is C15H24N2O2. The van der Waals surface area contributed by atoms with E-state index in [-0.39, 0.29) is 17.7 Å². The van der Waals surface area contributed by atoms with Gasteiger partial charge in [-0.2, -0.15) is 0 Å². The van der Waals surface area contributed by atoms with Gasteiger partial charge in [0.2, 0.25) is 0 Å². The third-order valence-corrected chi connectivity index (χ3v) is 3.20. The molecule has 4 heteroatoms. The highest BCUT2D eigenvalue weighted by Crippen LogP contribution is 2.18. The molecule has 0 aliphatic heterocycles. The SMILES string of the molecule is CCN(CC)CC(C)NC(=O)c1ccc(C)cc1O. The van der Waals surface area contributed by atoms with E-state index in [1.807, 2.05) is 19.9 Å². The molecule has 1 unspecified atom stereocenters. The van der Waals surface area contributed by atoms with E-state index in [2.05, 4.69) is 24.1 Å². The highest BCUT2D eigenvalue weighted by molar-refractivity contribution is 5.97. The van der Waals surface area contributed by atoms with Gasteiger partial charge >= 0.3 is 0 Å². The minimum Gasteiger partial charge on any atom is -0.507 e. The van der Waals surface area contributed by atoms with Gasteiger partial charge in [-0.05, 0) is 44.6 Å². The van der Waals surface area contributed by atoms with E-state index in [1.165, 1.54) is 0 Å². The van der Waals surface area contributed by atoms with Crippen molar-refractivity contribution in [3.05, 3.63) is 29.3 Å². The second-order valence-electron chi connectivity index (χ2n) is 4.88. The second kappa shape index (κ2) is 7.14. The van der Waals surface area contributed by atoms with Crippen molar-refractivity contribution in [2.75, 3.05) is 19.6 Å². The Balaban J connectivity index is 2.63. The average Bonchev–Trinajstić information content (AvgIpc) is 2.35. The Morgan fingerprint density at radius 3 is 2.53 bits per heavy atom. The average molecular weight is 264 g/mol. The van der Waals surface area contributed by atoms with E-state index in [4.69, 9.17) is 0 Å². The number of carbonyl (C=O) groups is 1. The number of hydrogen-bond donors (Lipinski definition) is 2. The van der Waals surface area contributed by atoms with Gasteiger partial charge in [0.1, 0.15) is 5.75 Å². The molecule has 0 heterocycles. The van der Waals surface area contributed by atoms with Gasteiger partial charge in [-0.25, -0.2) is 0 Å². The zero-order chi connectivity index (χ0) is 14.4. The van der Waals surface area contributed by atoms with Crippen LogP contribution in [0.4, 0.5) is 0 Å². The van der Waals surface area contributed by atoms with Crippen LogP contribution in [0.1, 0.15) is 36.7 Å². The maximum Gasteiger partial charge on any atom is 0.255 e. The van der Waals surface area contributed by atoms with Crippen molar-refractivity contribution in [3.63, 3.8) is 0 Å². The lowest BCUT2D eigenvalue weighted by atomic mass is 10.1. The van der Waals surface area contributed by atoms with E-state index >= 15 is 0 Å². The van der Waals surface area contributed by atoms with Crippen LogP contribution in [0.15, 0.2) is 18.2 Å².